The number of hydrogen-bond donors (Lipinski definition) is 0. The van der Waals surface area contributed by atoms with Gasteiger partial charge in [0.05, 0.1) is 0 Å². The van der Waals surface area contributed by atoms with Crippen molar-refractivity contribution in [2.45, 2.75) is 125 Å². The summed E-state index contributed by atoms with van der Waals surface area (Å²) in [6.07, 6.45) is 19.2. The van der Waals surface area contributed by atoms with Crippen LogP contribution < -0.4 is 5.30 Å². The smallest absolute Gasteiger partial charge is 0.165 e. The second-order valence-corrected chi connectivity index (χ2v) is 12.5. The summed E-state index contributed by atoms with van der Waals surface area (Å²) in [6.45, 7) is 11.1. The molecule has 1 atom stereocenters. The maximum absolute atomic E-state index is 13.7. The van der Waals surface area contributed by atoms with Gasteiger partial charge in [-0.2, -0.15) is 0 Å². The van der Waals surface area contributed by atoms with E-state index in [0.29, 0.717) is 0 Å². The van der Waals surface area contributed by atoms with Gasteiger partial charge in [0, 0.05) is 5.30 Å². The first kappa shape index (κ1) is 32.9. The summed E-state index contributed by atoms with van der Waals surface area (Å²) in [7, 11) is 2.27. The summed E-state index contributed by atoms with van der Waals surface area (Å²) in [6, 6.07) is 11.3. The molecule has 0 N–H and O–H groups in total. The minimum absolute atomic E-state index is 0.271. The first-order valence-corrected chi connectivity index (χ1v) is 16.2. The van der Waals surface area contributed by atoms with Gasteiger partial charge < -0.3 is 0 Å². The van der Waals surface area contributed by atoms with Crippen molar-refractivity contribution < 1.29 is 8.78 Å². The number of rotatable bonds is 7. The highest BCUT2D eigenvalue weighted by Crippen LogP contribution is 2.42. The molecule has 0 amide bonds. The van der Waals surface area contributed by atoms with E-state index in [1.54, 1.807) is 6.07 Å². The lowest BCUT2D eigenvalue weighted by Crippen LogP contribution is -2.25. The van der Waals surface area contributed by atoms with Gasteiger partial charge in [-0.15, -0.1) is 9.24 Å². The van der Waals surface area contributed by atoms with E-state index in [0.717, 1.165) is 41.2 Å². The van der Waals surface area contributed by atoms with Crippen LogP contribution in [-0.4, -0.2) is 0 Å². The molecule has 4 rings (SSSR count). The highest BCUT2D eigenvalue weighted by molar-refractivity contribution is 7.27. The van der Waals surface area contributed by atoms with Gasteiger partial charge in [-0.25, -0.2) is 8.78 Å². The van der Waals surface area contributed by atoms with Gasteiger partial charge in [0.25, 0.3) is 0 Å². The van der Waals surface area contributed by atoms with E-state index in [1.807, 2.05) is 12.1 Å². The minimum Gasteiger partial charge on any atom is -0.204 e. The van der Waals surface area contributed by atoms with Crippen molar-refractivity contribution in [3.8, 4) is 11.1 Å². The molecule has 0 aliphatic heterocycles. The van der Waals surface area contributed by atoms with Crippen LogP contribution in [0.25, 0.3) is 11.1 Å². The zero-order valence-electron chi connectivity index (χ0n) is 25.0. The average Bonchev–Trinajstić information content (AvgIpc) is 2.96. The van der Waals surface area contributed by atoms with Gasteiger partial charge in [-0.05, 0) is 91.0 Å². The molecule has 2 aromatic rings. The van der Waals surface area contributed by atoms with Crippen molar-refractivity contribution in [3.05, 3.63) is 53.6 Å². The molecule has 2 aliphatic carbocycles. The molecule has 214 valence electrons. The fourth-order valence-corrected chi connectivity index (χ4v) is 6.03. The summed E-state index contributed by atoms with van der Waals surface area (Å²) in [5.41, 5.74) is 3.00. The Balaban J connectivity index is 0.000000559. The molecule has 0 nitrogen and oxygen atoms in total. The first-order chi connectivity index (χ1) is 18.3. The van der Waals surface area contributed by atoms with Crippen LogP contribution in [-0.2, 0) is 6.42 Å². The van der Waals surface area contributed by atoms with E-state index in [-0.39, 0.29) is 5.30 Å². The van der Waals surface area contributed by atoms with Gasteiger partial charge in [0.1, 0.15) is 0 Å². The second kappa shape index (κ2) is 18.1. The number of aryl methyl sites for hydroxylation is 1. The highest BCUT2D eigenvalue weighted by atomic mass is 31.0. The molecule has 0 spiro atoms. The molecule has 38 heavy (non-hydrogen) atoms. The van der Waals surface area contributed by atoms with Crippen LogP contribution in [0.15, 0.2) is 36.4 Å². The SMILES string of the molecule is CC1CCC(C2CCC(CCc3ccc(-c4cc(F)c(F)c(P)c4)cc3)CC2)CC1.CCCC.CCCC. The quantitative estimate of drug-likeness (QED) is 0.304. The lowest BCUT2D eigenvalue weighted by Gasteiger charge is -2.37. The molecule has 0 radical (unpaired) electrons. The number of benzene rings is 2. The van der Waals surface area contributed by atoms with Crippen LogP contribution in [0.5, 0.6) is 0 Å². The van der Waals surface area contributed by atoms with E-state index in [2.05, 4.69) is 56.0 Å². The van der Waals surface area contributed by atoms with Crippen LogP contribution in [0, 0.1) is 35.3 Å². The van der Waals surface area contributed by atoms with Gasteiger partial charge in [0.15, 0.2) is 11.6 Å². The lowest BCUT2D eigenvalue weighted by atomic mass is 9.69. The molecule has 3 heteroatoms. The molecule has 2 saturated carbocycles. The van der Waals surface area contributed by atoms with Crippen molar-refractivity contribution in [2.75, 3.05) is 0 Å². The molecule has 2 aliphatic rings. The van der Waals surface area contributed by atoms with Crippen LogP contribution in [0.2, 0.25) is 0 Å². The third-order valence-corrected chi connectivity index (χ3v) is 9.22. The van der Waals surface area contributed by atoms with Crippen molar-refractivity contribution in [1.82, 2.24) is 0 Å². The fourth-order valence-electron chi connectivity index (χ4n) is 5.72. The minimum atomic E-state index is -0.792. The van der Waals surface area contributed by atoms with Gasteiger partial charge in [-0.3, -0.25) is 0 Å². The van der Waals surface area contributed by atoms with Crippen molar-refractivity contribution in [2.24, 2.45) is 23.7 Å². The van der Waals surface area contributed by atoms with E-state index < -0.39 is 11.6 Å². The van der Waals surface area contributed by atoms with E-state index in [1.165, 1.54) is 95.1 Å². The van der Waals surface area contributed by atoms with Crippen LogP contribution in [0.1, 0.15) is 124 Å². The fraction of sp³-hybridized carbons (Fsp3) is 0.657. The standard InChI is InChI=1S/C27H35F2P.2C4H10/c1-18-2-10-21(11-3-18)22-12-6-19(7-13-22)4-5-20-8-14-23(15-9-20)24-16-25(28)27(29)26(30)17-24;2*1-3-4-2/h8-9,14-19,21-22H,2-7,10-13,30H2,1H3;2*3-4H2,1-2H3. The van der Waals surface area contributed by atoms with Crippen molar-refractivity contribution in [3.63, 3.8) is 0 Å². The zero-order chi connectivity index (χ0) is 27.9. The Morgan fingerprint density at radius 1 is 0.684 bits per heavy atom. The maximum Gasteiger partial charge on any atom is 0.165 e. The number of halogens is 2. The molecule has 0 saturated heterocycles. The first-order valence-electron chi connectivity index (χ1n) is 15.7. The Morgan fingerprint density at radius 2 is 1.18 bits per heavy atom. The Labute approximate surface area is 236 Å². The number of unbranched alkanes of at least 4 members (excludes halogenated alkanes) is 2. The second-order valence-electron chi connectivity index (χ2n) is 11.9. The molecular formula is C35H55F2P. The molecule has 1 unspecified atom stereocenters. The normalized spacial score (nSPS) is 23.1. The summed E-state index contributed by atoms with van der Waals surface area (Å²) in [4.78, 5) is 0. The van der Waals surface area contributed by atoms with Crippen LogP contribution >= 0.6 is 9.24 Å². The Kier molecular flexibility index (Phi) is 15.7. The Hall–Kier alpha value is -1.27. The third-order valence-electron chi connectivity index (χ3n) is 8.80. The van der Waals surface area contributed by atoms with Crippen LogP contribution in [0.4, 0.5) is 8.78 Å². The molecule has 0 bridgehead atoms. The van der Waals surface area contributed by atoms with Gasteiger partial charge in [0.2, 0.25) is 0 Å². The lowest BCUT2D eigenvalue weighted by molar-refractivity contribution is 0.148. The van der Waals surface area contributed by atoms with Gasteiger partial charge >= 0.3 is 0 Å². The topological polar surface area (TPSA) is 0 Å². The van der Waals surface area contributed by atoms with E-state index in [9.17, 15) is 8.78 Å². The predicted molar refractivity (Wildman–Crippen MR) is 167 cm³/mol. The molecular weight excluding hydrogens is 489 g/mol. The summed E-state index contributed by atoms with van der Waals surface area (Å²) in [5.74, 6) is 2.25. The molecule has 0 heterocycles. The summed E-state index contributed by atoms with van der Waals surface area (Å²) >= 11 is 0. The maximum atomic E-state index is 13.7. The van der Waals surface area contributed by atoms with Gasteiger partial charge in [-0.1, -0.05) is 110 Å². The third kappa shape index (κ3) is 11.1. The Bertz CT molecular complexity index is 860. The molecule has 2 fully saturated rings. The Morgan fingerprint density at radius 3 is 1.66 bits per heavy atom. The van der Waals surface area contributed by atoms with E-state index in [4.69, 9.17) is 0 Å². The van der Waals surface area contributed by atoms with E-state index >= 15 is 0 Å². The summed E-state index contributed by atoms with van der Waals surface area (Å²) in [5, 5.41) is 0.271. The molecule has 0 aromatic heterocycles. The van der Waals surface area contributed by atoms with Crippen molar-refractivity contribution in [1.29, 1.82) is 0 Å². The highest BCUT2D eigenvalue weighted by Gasteiger charge is 2.29. The molecule has 2 aromatic carbocycles. The zero-order valence-corrected chi connectivity index (χ0v) is 26.2. The van der Waals surface area contributed by atoms with Crippen LogP contribution in [0.3, 0.4) is 0 Å². The predicted octanol–water partition coefficient (Wildman–Crippen LogP) is 11.3. The van der Waals surface area contributed by atoms with Crippen molar-refractivity contribution >= 4 is 14.5 Å². The number of hydrogen-bond acceptors (Lipinski definition) is 0. The average molecular weight is 545 g/mol. The largest absolute Gasteiger partial charge is 0.204 e. The monoisotopic (exact) mass is 544 g/mol. The summed E-state index contributed by atoms with van der Waals surface area (Å²) < 4.78 is 27.2.